The van der Waals surface area contributed by atoms with Gasteiger partial charge in [0.2, 0.25) is 11.8 Å². The molecule has 0 saturated carbocycles. The molecule has 1 aromatic carbocycles. The summed E-state index contributed by atoms with van der Waals surface area (Å²) in [6, 6.07) is 9.93. The molecule has 2 amide bonds. The molecule has 2 atom stereocenters. The fourth-order valence-electron chi connectivity index (χ4n) is 2.52. The lowest BCUT2D eigenvalue weighted by atomic mass is 10.00. The summed E-state index contributed by atoms with van der Waals surface area (Å²) >= 11 is 0. The van der Waals surface area contributed by atoms with E-state index in [9.17, 15) is 9.59 Å². The molecule has 22 heavy (non-hydrogen) atoms. The molecule has 0 aromatic heterocycles. The molecular formula is C16H24ClN3O2. The summed E-state index contributed by atoms with van der Waals surface area (Å²) in [7, 11) is 0. The van der Waals surface area contributed by atoms with Gasteiger partial charge in [-0.3, -0.25) is 9.59 Å². The zero-order chi connectivity index (χ0) is 15.1. The van der Waals surface area contributed by atoms with Gasteiger partial charge in [-0.15, -0.1) is 12.4 Å². The van der Waals surface area contributed by atoms with E-state index in [1.165, 1.54) is 0 Å². The Morgan fingerprint density at radius 3 is 2.64 bits per heavy atom. The van der Waals surface area contributed by atoms with Crippen molar-refractivity contribution in [1.29, 1.82) is 0 Å². The van der Waals surface area contributed by atoms with Crippen molar-refractivity contribution in [3.63, 3.8) is 0 Å². The molecule has 1 fully saturated rings. The molecule has 2 unspecified atom stereocenters. The SMILES string of the molecule is CC1NCCCC1NC(=O)CNC(=O)Cc1ccccc1.Cl. The van der Waals surface area contributed by atoms with Gasteiger partial charge in [0.05, 0.1) is 13.0 Å². The van der Waals surface area contributed by atoms with Gasteiger partial charge < -0.3 is 16.0 Å². The lowest BCUT2D eigenvalue weighted by molar-refractivity contribution is -0.126. The van der Waals surface area contributed by atoms with E-state index in [1.54, 1.807) is 0 Å². The van der Waals surface area contributed by atoms with Crippen LogP contribution in [0.15, 0.2) is 30.3 Å². The average molecular weight is 326 g/mol. The van der Waals surface area contributed by atoms with Gasteiger partial charge in [0.15, 0.2) is 0 Å². The van der Waals surface area contributed by atoms with Crippen molar-refractivity contribution < 1.29 is 9.59 Å². The third kappa shape index (κ3) is 6.03. The highest BCUT2D eigenvalue weighted by molar-refractivity contribution is 5.86. The first-order valence-corrected chi connectivity index (χ1v) is 7.48. The van der Waals surface area contributed by atoms with Gasteiger partial charge in [0.25, 0.3) is 0 Å². The monoisotopic (exact) mass is 325 g/mol. The van der Waals surface area contributed by atoms with Crippen LogP contribution < -0.4 is 16.0 Å². The van der Waals surface area contributed by atoms with Crippen LogP contribution in [0.4, 0.5) is 0 Å². The Kier molecular flexibility index (Phi) is 7.91. The van der Waals surface area contributed by atoms with Crippen LogP contribution in [0.3, 0.4) is 0 Å². The van der Waals surface area contributed by atoms with Crippen LogP contribution in [0, 0.1) is 0 Å². The minimum atomic E-state index is -0.133. The molecule has 1 heterocycles. The second-order valence-corrected chi connectivity index (χ2v) is 5.50. The van der Waals surface area contributed by atoms with Crippen molar-refractivity contribution in [2.24, 2.45) is 0 Å². The number of amides is 2. The lowest BCUT2D eigenvalue weighted by Gasteiger charge is -2.30. The van der Waals surface area contributed by atoms with Crippen LogP contribution in [-0.4, -0.2) is 37.0 Å². The maximum Gasteiger partial charge on any atom is 0.239 e. The third-order valence-corrected chi connectivity index (χ3v) is 3.76. The van der Waals surface area contributed by atoms with Crippen molar-refractivity contribution in [3.05, 3.63) is 35.9 Å². The van der Waals surface area contributed by atoms with Crippen LogP contribution in [0.2, 0.25) is 0 Å². The molecular weight excluding hydrogens is 302 g/mol. The molecule has 122 valence electrons. The average Bonchev–Trinajstić information content (AvgIpc) is 2.49. The van der Waals surface area contributed by atoms with E-state index in [0.29, 0.717) is 6.42 Å². The van der Waals surface area contributed by atoms with E-state index < -0.39 is 0 Å². The number of rotatable bonds is 5. The number of halogens is 1. The summed E-state index contributed by atoms with van der Waals surface area (Å²) in [5.41, 5.74) is 0.945. The molecule has 0 radical (unpaired) electrons. The molecule has 0 aliphatic carbocycles. The summed E-state index contributed by atoms with van der Waals surface area (Å²) in [6.45, 7) is 3.11. The molecule has 1 aliphatic heterocycles. The summed E-state index contributed by atoms with van der Waals surface area (Å²) in [5.74, 6) is -0.261. The number of nitrogens with one attached hydrogen (secondary N) is 3. The first-order chi connectivity index (χ1) is 10.1. The Morgan fingerprint density at radius 2 is 1.95 bits per heavy atom. The van der Waals surface area contributed by atoms with Gasteiger partial charge in [-0.1, -0.05) is 30.3 Å². The van der Waals surface area contributed by atoms with Gasteiger partial charge in [-0.25, -0.2) is 0 Å². The molecule has 0 bridgehead atoms. The number of carbonyl (C=O) groups excluding carboxylic acids is 2. The van der Waals surface area contributed by atoms with Gasteiger partial charge in [-0.2, -0.15) is 0 Å². The Morgan fingerprint density at radius 1 is 1.23 bits per heavy atom. The topological polar surface area (TPSA) is 70.2 Å². The highest BCUT2D eigenvalue weighted by Gasteiger charge is 2.22. The second-order valence-electron chi connectivity index (χ2n) is 5.50. The predicted octanol–water partition coefficient (Wildman–Crippen LogP) is 1.02. The summed E-state index contributed by atoms with van der Waals surface area (Å²) < 4.78 is 0. The second kappa shape index (κ2) is 9.43. The minimum absolute atomic E-state index is 0. The number of carbonyl (C=O) groups is 2. The number of hydrogen-bond acceptors (Lipinski definition) is 3. The van der Waals surface area contributed by atoms with Crippen LogP contribution in [0.25, 0.3) is 0 Å². The molecule has 1 saturated heterocycles. The first kappa shape index (κ1) is 18.5. The third-order valence-electron chi connectivity index (χ3n) is 3.76. The van der Waals surface area contributed by atoms with Crippen molar-refractivity contribution in [2.45, 2.75) is 38.3 Å². The van der Waals surface area contributed by atoms with Gasteiger partial charge in [0, 0.05) is 12.1 Å². The van der Waals surface area contributed by atoms with E-state index in [-0.39, 0.29) is 42.8 Å². The van der Waals surface area contributed by atoms with Crippen LogP contribution in [0.1, 0.15) is 25.3 Å². The van der Waals surface area contributed by atoms with E-state index >= 15 is 0 Å². The Hall–Kier alpha value is -1.59. The van der Waals surface area contributed by atoms with Gasteiger partial charge >= 0.3 is 0 Å². The highest BCUT2D eigenvalue weighted by atomic mass is 35.5. The smallest absolute Gasteiger partial charge is 0.239 e. The van der Waals surface area contributed by atoms with Crippen molar-refractivity contribution >= 4 is 24.2 Å². The van der Waals surface area contributed by atoms with Crippen LogP contribution >= 0.6 is 12.4 Å². The van der Waals surface area contributed by atoms with Gasteiger partial charge in [-0.05, 0) is 31.9 Å². The standard InChI is InChI=1S/C16H23N3O2.ClH/c1-12-14(8-5-9-17-12)19-16(21)11-18-15(20)10-13-6-3-2-4-7-13;/h2-4,6-7,12,14,17H,5,8-11H2,1H3,(H,18,20)(H,19,21);1H. The minimum Gasteiger partial charge on any atom is -0.350 e. The zero-order valence-corrected chi connectivity index (χ0v) is 13.6. The summed E-state index contributed by atoms with van der Waals surface area (Å²) in [4.78, 5) is 23.6. The number of piperidine rings is 1. The Bertz CT molecular complexity index is 482. The molecule has 0 spiro atoms. The quantitative estimate of drug-likeness (QED) is 0.757. The Labute approximate surface area is 137 Å². The molecule has 1 aliphatic rings. The Balaban J connectivity index is 0.00000242. The van der Waals surface area contributed by atoms with E-state index in [0.717, 1.165) is 24.9 Å². The molecule has 1 aromatic rings. The number of hydrogen-bond donors (Lipinski definition) is 3. The molecule has 5 nitrogen and oxygen atoms in total. The molecule has 2 rings (SSSR count). The molecule has 3 N–H and O–H groups in total. The molecule has 6 heteroatoms. The predicted molar refractivity (Wildman–Crippen MR) is 89.0 cm³/mol. The summed E-state index contributed by atoms with van der Waals surface area (Å²) in [5, 5.41) is 8.97. The van der Waals surface area contributed by atoms with Gasteiger partial charge in [0.1, 0.15) is 0 Å². The van der Waals surface area contributed by atoms with Crippen LogP contribution in [-0.2, 0) is 16.0 Å². The van der Waals surface area contributed by atoms with E-state index in [1.807, 2.05) is 30.3 Å². The van der Waals surface area contributed by atoms with E-state index in [4.69, 9.17) is 0 Å². The lowest BCUT2D eigenvalue weighted by Crippen LogP contribution is -2.53. The first-order valence-electron chi connectivity index (χ1n) is 7.48. The van der Waals surface area contributed by atoms with Crippen molar-refractivity contribution in [3.8, 4) is 0 Å². The van der Waals surface area contributed by atoms with Crippen molar-refractivity contribution in [2.75, 3.05) is 13.1 Å². The van der Waals surface area contributed by atoms with Crippen LogP contribution in [0.5, 0.6) is 0 Å². The highest BCUT2D eigenvalue weighted by Crippen LogP contribution is 2.07. The number of benzene rings is 1. The zero-order valence-electron chi connectivity index (χ0n) is 12.8. The summed E-state index contributed by atoms with van der Waals surface area (Å²) in [6.07, 6.45) is 2.35. The maximum atomic E-state index is 11.9. The fourth-order valence-corrected chi connectivity index (χ4v) is 2.52. The maximum absolute atomic E-state index is 11.9. The van der Waals surface area contributed by atoms with Crippen molar-refractivity contribution in [1.82, 2.24) is 16.0 Å². The normalized spacial score (nSPS) is 20.6. The van der Waals surface area contributed by atoms with E-state index in [2.05, 4.69) is 22.9 Å². The fraction of sp³-hybridized carbons (Fsp3) is 0.500. The largest absolute Gasteiger partial charge is 0.350 e.